The van der Waals surface area contributed by atoms with Crippen LogP contribution in [0.5, 0.6) is 0 Å². The maximum Gasteiger partial charge on any atom is 0.322 e. The van der Waals surface area contributed by atoms with Gasteiger partial charge in [-0.05, 0) is 19.9 Å². The van der Waals surface area contributed by atoms with E-state index in [1.54, 1.807) is 6.92 Å². The van der Waals surface area contributed by atoms with Gasteiger partial charge in [0.25, 0.3) is 0 Å². The van der Waals surface area contributed by atoms with Crippen molar-refractivity contribution >= 4 is 16.0 Å². The molecule has 17 heavy (non-hydrogen) atoms. The summed E-state index contributed by atoms with van der Waals surface area (Å²) in [7, 11) is -0.455. The molecular weight excluding hydrogens is 319 g/mol. The smallest absolute Gasteiger partial charge is 0.322 e. The summed E-state index contributed by atoms with van der Waals surface area (Å²) in [4.78, 5) is 10.5. The van der Waals surface area contributed by atoms with Gasteiger partial charge >= 0.3 is 5.97 Å². The van der Waals surface area contributed by atoms with Crippen LogP contribution in [0.25, 0.3) is 0 Å². The number of nitrogens with zero attached hydrogens (tertiary/aromatic N) is 1. The maximum absolute atomic E-state index is 11.5. The minimum absolute atomic E-state index is 0. The van der Waals surface area contributed by atoms with E-state index >= 15 is 0 Å². The third-order valence-corrected chi connectivity index (χ3v) is 3.91. The number of unbranched alkanes of at least 4 members (excludes halogenated alkanes) is 1. The molecule has 0 rings (SSSR count). The van der Waals surface area contributed by atoms with E-state index in [0.29, 0.717) is 6.42 Å². The van der Waals surface area contributed by atoms with Crippen molar-refractivity contribution in [2.24, 2.45) is 0 Å². The van der Waals surface area contributed by atoms with Gasteiger partial charge in [-0.1, -0.05) is 13.3 Å². The molecule has 7 heteroatoms. The van der Waals surface area contributed by atoms with Crippen LogP contribution in [-0.4, -0.2) is 35.6 Å². The largest absolute Gasteiger partial charge is 0.480 e. The van der Waals surface area contributed by atoms with E-state index in [1.165, 1.54) is 0 Å². The van der Waals surface area contributed by atoms with Gasteiger partial charge in [0.15, 0.2) is 15.3 Å². The number of carboxylic acids is 1. The average molecular weight is 340 g/mol. The van der Waals surface area contributed by atoms with Gasteiger partial charge in [-0.15, -0.1) is 0 Å². The van der Waals surface area contributed by atoms with E-state index < -0.39 is 21.2 Å². The molecule has 0 aromatic carbocycles. The molecule has 1 unspecified atom stereocenters. The molecule has 1 atom stereocenters. The molecule has 101 valence electrons. The predicted molar refractivity (Wildman–Crippen MR) is 64.0 cm³/mol. The Morgan fingerprint density at radius 3 is 2.12 bits per heavy atom. The van der Waals surface area contributed by atoms with Crippen LogP contribution in [0.4, 0.5) is 0 Å². The molecule has 1 N–H and O–H groups in total. The number of sulfonamides is 1. The number of hydrogen-bond donors (Lipinski definition) is 1. The molecule has 0 fully saturated rings. The van der Waals surface area contributed by atoms with Crippen LogP contribution in [-0.2, 0) is 47.5 Å². The first-order chi connectivity index (χ1) is 7.34. The SMILES string of the molecule is [CH2-]C.[CH2-]N(CCCC)S(=O)(=O)C(C)C(=O)O.[Y]. The van der Waals surface area contributed by atoms with Crippen LogP contribution in [0, 0.1) is 14.0 Å². The fraction of sp³-hybridized carbons (Fsp3) is 0.700. The zero-order chi connectivity index (χ0) is 13.4. The molecule has 0 heterocycles. The quantitative estimate of drug-likeness (QED) is 0.744. The molecule has 5 nitrogen and oxygen atoms in total. The Morgan fingerprint density at radius 2 is 1.82 bits per heavy atom. The van der Waals surface area contributed by atoms with Crippen LogP contribution >= 0.6 is 0 Å². The summed E-state index contributed by atoms with van der Waals surface area (Å²) in [6.45, 7) is 8.32. The van der Waals surface area contributed by atoms with Crippen LogP contribution in [0.15, 0.2) is 0 Å². The number of rotatable bonds is 6. The van der Waals surface area contributed by atoms with Gasteiger partial charge in [0.05, 0.1) is 0 Å². The summed E-state index contributed by atoms with van der Waals surface area (Å²) in [5, 5.41) is 7.12. The summed E-state index contributed by atoms with van der Waals surface area (Å²) in [5.41, 5.74) is 0. The first-order valence-electron chi connectivity index (χ1n) is 5.09. The molecule has 0 aliphatic rings. The first-order valence-corrected chi connectivity index (χ1v) is 6.60. The standard InChI is InChI=1S/C8H16NO4S.C2H5.Y/c1-4-5-6-9(3)14(12,13)7(2)8(10)11;1-2;/h7H,3-6H2,1-2H3,(H,10,11);1H2,2H3;/q2*-1;. The van der Waals surface area contributed by atoms with Crippen molar-refractivity contribution in [3.63, 3.8) is 0 Å². The molecule has 0 bridgehead atoms. The maximum atomic E-state index is 11.5. The Hall–Kier alpha value is 0.484. The van der Waals surface area contributed by atoms with Gasteiger partial charge in [0.1, 0.15) is 0 Å². The molecule has 1 radical (unpaired) electrons. The molecule has 0 aromatic rings. The van der Waals surface area contributed by atoms with E-state index in [2.05, 4.69) is 14.0 Å². The van der Waals surface area contributed by atoms with Gasteiger partial charge in [0.2, 0.25) is 0 Å². The third-order valence-electron chi connectivity index (χ3n) is 1.92. The predicted octanol–water partition coefficient (Wildman–Crippen LogP) is 1.52. The van der Waals surface area contributed by atoms with Gasteiger partial charge in [0, 0.05) is 32.7 Å². The number of aliphatic carboxylic acids is 1. The summed E-state index contributed by atoms with van der Waals surface area (Å²) in [6.07, 6.45) is 1.51. The van der Waals surface area contributed by atoms with Crippen LogP contribution in [0.1, 0.15) is 33.6 Å². The second-order valence-corrected chi connectivity index (χ2v) is 5.31. The zero-order valence-electron chi connectivity index (χ0n) is 10.7. The van der Waals surface area contributed by atoms with E-state index in [4.69, 9.17) is 5.11 Å². The third kappa shape index (κ3) is 8.24. The van der Waals surface area contributed by atoms with Crippen LogP contribution < -0.4 is 0 Å². The fourth-order valence-corrected chi connectivity index (χ4v) is 1.90. The minimum atomic E-state index is -3.79. The molecular formula is C10H21NO4SY-2. The summed E-state index contributed by atoms with van der Waals surface area (Å²) >= 11 is 0. The van der Waals surface area contributed by atoms with Crippen molar-refractivity contribution in [2.45, 2.75) is 38.9 Å². The second-order valence-electron chi connectivity index (χ2n) is 3.05. The van der Waals surface area contributed by atoms with E-state index in [0.717, 1.165) is 17.6 Å². The van der Waals surface area contributed by atoms with Gasteiger partial charge < -0.3 is 16.3 Å². The fourth-order valence-electron chi connectivity index (χ4n) is 0.813. The molecule has 0 spiro atoms. The molecule has 0 saturated carbocycles. The topological polar surface area (TPSA) is 74.7 Å². The van der Waals surface area contributed by atoms with E-state index in [1.807, 2.05) is 6.92 Å². The summed E-state index contributed by atoms with van der Waals surface area (Å²) in [6, 6.07) is 0. The Morgan fingerprint density at radius 1 is 1.41 bits per heavy atom. The molecule has 0 aliphatic heterocycles. The molecule has 0 aliphatic carbocycles. The van der Waals surface area contributed by atoms with E-state index in [-0.39, 0.29) is 39.3 Å². The average Bonchev–Trinajstić information content (AvgIpc) is 2.27. The summed E-state index contributed by atoms with van der Waals surface area (Å²) < 4.78 is 23.8. The van der Waals surface area contributed by atoms with Crippen molar-refractivity contribution in [1.29, 1.82) is 0 Å². The second kappa shape index (κ2) is 11.6. The van der Waals surface area contributed by atoms with Crippen LogP contribution in [0.3, 0.4) is 0 Å². The first kappa shape index (κ1) is 22.6. The van der Waals surface area contributed by atoms with Gasteiger partial charge in [-0.2, -0.15) is 6.92 Å². The monoisotopic (exact) mass is 340 g/mol. The molecule has 0 aromatic heterocycles. The minimum Gasteiger partial charge on any atom is -0.480 e. The summed E-state index contributed by atoms with van der Waals surface area (Å²) in [5.74, 6) is -1.35. The van der Waals surface area contributed by atoms with Crippen molar-refractivity contribution in [3.8, 4) is 0 Å². The number of carboxylic acid groups (broad SMARTS) is 1. The van der Waals surface area contributed by atoms with Crippen molar-refractivity contribution in [3.05, 3.63) is 14.0 Å². The Kier molecular flexibility index (Phi) is 15.4. The Bertz CT molecular complexity index is 293. The van der Waals surface area contributed by atoms with Crippen LogP contribution in [0.2, 0.25) is 0 Å². The number of carbonyl (C=O) groups is 1. The van der Waals surface area contributed by atoms with Gasteiger partial charge in [-0.3, -0.25) is 11.8 Å². The molecule has 0 amide bonds. The number of hydrogen-bond acceptors (Lipinski definition) is 3. The Balaban J connectivity index is -0.000000616. The van der Waals surface area contributed by atoms with Crippen molar-refractivity contribution in [1.82, 2.24) is 4.31 Å². The zero-order valence-corrected chi connectivity index (χ0v) is 14.4. The van der Waals surface area contributed by atoms with Gasteiger partial charge in [-0.25, -0.2) is 8.42 Å². The molecule has 0 saturated heterocycles. The Labute approximate surface area is 130 Å². The van der Waals surface area contributed by atoms with Crippen molar-refractivity contribution in [2.75, 3.05) is 6.54 Å². The van der Waals surface area contributed by atoms with E-state index in [9.17, 15) is 13.2 Å². The van der Waals surface area contributed by atoms with Crippen molar-refractivity contribution < 1.29 is 51.0 Å². The normalized spacial score (nSPS) is 12.1.